The Bertz CT molecular complexity index is 954. The summed E-state index contributed by atoms with van der Waals surface area (Å²) in [7, 11) is 0. The first-order valence-electron chi connectivity index (χ1n) is 8.57. The third-order valence-electron chi connectivity index (χ3n) is 4.65. The van der Waals surface area contributed by atoms with Crippen LogP contribution in [-0.2, 0) is 6.18 Å². The van der Waals surface area contributed by atoms with Gasteiger partial charge in [0.15, 0.2) is 0 Å². The fourth-order valence-corrected chi connectivity index (χ4v) is 3.31. The van der Waals surface area contributed by atoms with Crippen molar-refractivity contribution in [2.75, 3.05) is 18.0 Å². The van der Waals surface area contributed by atoms with E-state index in [4.69, 9.17) is 4.74 Å². The topological polar surface area (TPSA) is 51.1 Å². The van der Waals surface area contributed by atoms with Gasteiger partial charge in [0.2, 0.25) is 5.88 Å². The lowest BCUT2D eigenvalue weighted by atomic mass is 10.1. The summed E-state index contributed by atoms with van der Waals surface area (Å²) >= 11 is 0. The number of aryl methyl sites for hydroxylation is 1. The van der Waals surface area contributed by atoms with Gasteiger partial charge in [0.25, 0.3) is 0 Å². The molecule has 0 bridgehead atoms. The summed E-state index contributed by atoms with van der Waals surface area (Å²) in [6.45, 7) is 3.35. The number of anilines is 1. The molecule has 140 valence electrons. The van der Waals surface area contributed by atoms with E-state index >= 15 is 0 Å². The van der Waals surface area contributed by atoms with E-state index in [0.29, 0.717) is 6.54 Å². The molecule has 0 aliphatic carbocycles. The highest BCUT2D eigenvalue weighted by molar-refractivity contribution is 5.92. The average molecular weight is 374 g/mol. The third-order valence-corrected chi connectivity index (χ3v) is 4.65. The van der Waals surface area contributed by atoms with E-state index in [0.717, 1.165) is 47.5 Å². The van der Waals surface area contributed by atoms with Crippen LogP contribution in [0.1, 0.15) is 17.5 Å². The lowest BCUT2D eigenvalue weighted by molar-refractivity contribution is -0.137. The highest BCUT2D eigenvalue weighted by atomic mass is 19.4. The number of fused-ring (bicyclic) bond motifs is 1. The number of hydrogen-bond acceptors (Lipinski definition) is 5. The van der Waals surface area contributed by atoms with Crippen LogP contribution in [0.2, 0.25) is 0 Å². The summed E-state index contributed by atoms with van der Waals surface area (Å²) in [6.07, 6.45) is -1.49. The molecule has 0 saturated carbocycles. The van der Waals surface area contributed by atoms with Crippen LogP contribution >= 0.6 is 0 Å². The molecule has 5 nitrogen and oxygen atoms in total. The summed E-state index contributed by atoms with van der Waals surface area (Å²) in [6, 6.07) is 8.17. The summed E-state index contributed by atoms with van der Waals surface area (Å²) in [5.74, 6) is 1.04. The van der Waals surface area contributed by atoms with Crippen LogP contribution in [-0.4, -0.2) is 34.1 Å². The van der Waals surface area contributed by atoms with E-state index in [2.05, 4.69) is 19.9 Å². The molecule has 27 heavy (non-hydrogen) atoms. The number of rotatable bonds is 3. The number of hydrogen-bond donors (Lipinski definition) is 0. The van der Waals surface area contributed by atoms with E-state index in [1.807, 2.05) is 25.1 Å². The summed E-state index contributed by atoms with van der Waals surface area (Å²) in [5.41, 5.74) is 1.19. The monoisotopic (exact) mass is 374 g/mol. The fraction of sp³-hybridized carbons (Fsp3) is 0.316. The maximum absolute atomic E-state index is 12.6. The van der Waals surface area contributed by atoms with Crippen molar-refractivity contribution in [1.82, 2.24) is 15.0 Å². The average Bonchev–Trinajstić information content (AvgIpc) is 3.09. The Kier molecular flexibility index (Phi) is 4.33. The van der Waals surface area contributed by atoms with Crippen molar-refractivity contribution >= 4 is 16.7 Å². The molecule has 2 aromatic heterocycles. The number of benzene rings is 1. The van der Waals surface area contributed by atoms with E-state index in [-0.39, 0.29) is 12.0 Å². The van der Waals surface area contributed by atoms with Crippen molar-refractivity contribution in [1.29, 1.82) is 0 Å². The lowest BCUT2D eigenvalue weighted by Crippen LogP contribution is -2.25. The van der Waals surface area contributed by atoms with Crippen LogP contribution in [0.3, 0.4) is 0 Å². The maximum Gasteiger partial charge on any atom is 0.417 e. The van der Waals surface area contributed by atoms with E-state index < -0.39 is 11.7 Å². The van der Waals surface area contributed by atoms with Crippen molar-refractivity contribution < 1.29 is 17.9 Å². The van der Waals surface area contributed by atoms with Gasteiger partial charge in [-0.15, -0.1) is 0 Å². The van der Waals surface area contributed by atoms with Crippen molar-refractivity contribution in [3.8, 4) is 5.88 Å². The molecular formula is C19H17F3N4O. The second-order valence-electron chi connectivity index (χ2n) is 6.52. The first-order valence-corrected chi connectivity index (χ1v) is 8.57. The minimum atomic E-state index is -4.40. The Morgan fingerprint density at radius 2 is 1.96 bits per heavy atom. The normalized spacial score (nSPS) is 17.5. The molecule has 1 aliphatic rings. The number of aromatic nitrogens is 3. The van der Waals surface area contributed by atoms with Gasteiger partial charge in [0.05, 0.1) is 17.6 Å². The zero-order chi connectivity index (χ0) is 19.0. The predicted octanol–water partition coefficient (Wildman–Crippen LogP) is 4.01. The number of pyridine rings is 1. The van der Waals surface area contributed by atoms with Crippen LogP contribution < -0.4 is 9.64 Å². The Labute approximate surface area is 153 Å². The van der Waals surface area contributed by atoms with Crippen LogP contribution in [0.15, 0.2) is 42.9 Å². The second-order valence-corrected chi connectivity index (χ2v) is 6.52. The lowest BCUT2D eigenvalue weighted by Gasteiger charge is -2.20. The molecule has 1 unspecified atom stereocenters. The highest BCUT2D eigenvalue weighted by Gasteiger charge is 2.31. The number of halogens is 3. The molecule has 0 N–H and O–H groups in total. The van der Waals surface area contributed by atoms with Gasteiger partial charge in [0, 0.05) is 30.6 Å². The van der Waals surface area contributed by atoms with Crippen molar-refractivity contribution in [2.45, 2.75) is 25.6 Å². The quantitative estimate of drug-likeness (QED) is 0.693. The molecule has 1 saturated heterocycles. The zero-order valence-corrected chi connectivity index (χ0v) is 14.6. The molecule has 4 rings (SSSR count). The summed E-state index contributed by atoms with van der Waals surface area (Å²) < 4.78 is 43.6. The molecule has 0 amide bonds. The molecule has 1 aromatic carbocycles. The second kappa shape index (κ2) is 6.68. The van der Waals surface area contributed by atoms with Gasteiger partial charge in [-0.1, -0.05) is 12.1 Å². The summed E-state index contributed by atoms with van der Waals surface area (Å²) in [5, 5.41) is 1.01. The minimum Gasteiger partial charge on any atom is -0.472 e. The minimum absolute atomic E-state index is 0.164. The van der Waals surface area contributed by atoms with Gasteiger partial charge in [-0.3, -0.25) is 0 Å². The van der Waals surface area contributed by atoms with Gasteiger partial charge in [-0.05, 0) is 24.6 Å². The molecule has 3 heterocycles. The molecule has 1 aliphatic heterocycles. The largest absolute Gasteiger partial charge is 0.472 e. The predicted molar refractivity (Wildman–Crippen MR) is 94.8 cm³/mol. The molecular weight excluding hydrogens is 357 g/mol. The molecule has 1 atom stereocenters. The fourth-order valence-electron chi connectivity index (χ4n) is 3.31. The van der Waals surface area contributed by atoms with Gasteiger partial charge in [-0.2, -0.15) is 13.2 Å². The highest BCUT2D eigenvalue weighted by Crippen LogP contribution is 2.31. The Morgan fingerprint density at radius 1 is 1.11 bits per heavy atom. The first kappa shape index (κ1) is 17.5. The summed E-state index contributed by atoms with van der Waals surface area (Å²) in [4.78, 5) is 14.7. The Morgan fingerprint density at radius 3 is 2.70 bits per heavy atom. The molecule has 8 heteroatoms. The van der Waals surface area contributed by atoms with Crippen LogP contribution in [0.25, 0.3) is 10.9 Å². The maximum atomic E-state index is 12.6. The zero-order valence-electron chi connectivity index (χ0n) is 14.6. The standard InChI is InChI=1S/C19H17F3N4O/c1-12-3-2-4-15-17(12)18(25-11-24-15)26-8-7-14(10-26)27-16-6-5-13(9-23-16)19(20,21)22/h2-6,9,11,14H,7-8,10H2,1H3. The van der Waals surface area contributed by atoms with Gasteiger partial charge >= 0.3 is 6.18 Å². The third kappa shape index (κ3) is 3.51. The molecule has 3 aromatic rings. The van der Waals surface area contributed by atoms with Crippen LogP contribution in [0.5, 0.6) is 5.88 Å². The van der Waals surface area contributed by atoms with E-state index in [1.54, 1.807) is 6.33 Å². The van der Waals surface area contributed by atoms with E-state index in [9.17, 15) is 13.2 Å². The van der Waals surface area contributed by atoms with Crippen molar-refractivity contribution in [3.05, 3.63) is 54.0 Å². The number of ether oxygens (including phenoxy) is 1. The Hall–Kier alpha value is -2.90. The molecule has 1 fully saturated rings. The number of nitrogens with zero attached hydrogens (tertiary/aromatic N) is 4. The van der Waals surface area contributed by atoms with Gasteiger partial charge < -0.3 is 9.64 Å². The van der Waals surface area contributed by atoms with Crippen molar-refractivity contribution in [2.24, 2.45) is 0 Å². The first-order chi connectivity index (χ1) is 12.9. The van der Waals surface area contributed by atoms with Crippen LogP contribution in [0.4, 0.5) is 19.0 Å². The van der Waals surface area contributed by atoms with Crippen molar-refractivity contribution in [3.63, 3.8) is 0 Å². The Balaban J connectivity index is 1.50. The van der Waals surface area contributed by atoms with Crippen LogP contribution in [0, 0.1) is 6.92 Å². The SMILES string of the molecule is Cc1cccc2ncnc(N3CCC(Oc4ccc(C(F)(F)F)cn4)C3)c12. The van der Waals surface area contributed by atoms with Gasteiger partial charge in [-0.25, -0.2) is 15.0 Å². The molecule has 0 spiro atoms. The van der Waals surface area contributed by atoms with E-state index in [1.165, 1.54) is 6.07 Å². The molecule has 0 radical (unpaired) electrons. The number of alkyl halides is 3. The smallest absolute Gasteiger partial charge is 0.417 e. The van der Waals surface area contributed by atoms with Gasteiger partial charge in [0.1, 0.15) is 18.2 Å².